The van der Waals surface area contributed by atoms with Gasteiger partial charge >= 0.3 is 0 Å². The molecule has 0 aliphatic rings. The highest BCUT2D eigenvalue weighted by molar-refractivity contribution is 7.92. The number of benzene rings is 1. The molecule has 0 spiro atoms. The van der Waals surface area contributed by atoms with E-state index in [0.717, 1.165) is 24.9 Å². The Morgan fingerprint density at radius 1 is 1.13 bits per heavy atom. The lowest BCUT2D eigenvalue weighted by Gasteiger charge is -2.11. The zero-order valence-corrected chi connectivity index (χ0v) is 15.4. The number of halogens is 1. The van der Waals surface area contributed by atoms with Crippen LogP contribution in [0.3, 0.4) is 0 Å². The fraction of sp³-hybridized carbons (Fsp3) is 0.562. The van der Waals surface area contributed by atoms with Crippen molar-refractivity contribution in [2.24, 2.45) is 0 Å². The van der Waals surface area contributed by atoms with E-state index in [2.05, 4.69) is 10.6 Å². The van der Waals surface area contributed by atoms with Crippen molar-refractivity contribution >= 4 is 33.8 Å². The Kier molecular flexibility index (Phi) is 10.9. The van der Waals surface area contributed by atoms with Crippen LogP contribution in [0.25, 0.3) is 0 Å². The lowest BCUT2D eigenvalue weighted by atomic mass is 10.1. The predicted octanol–water partition coefficient (Wildman–Crippen LogP) is 2.76. The van der Waals surface area contributed by atoms with E-state index in [4.69, 9.17) is 0 Å². The van der Waals surface area contributed by atoms with Crippen molar-refractivity contribution in [3.63, 3.8) is 0 Å². The molecule has 5 nitrogen and oxygen atoms in total. The molecule has 23 heavy (non-hydrogen) atoms. The molecule has 1 aromatic carbocycles. The summed E-state index contributed by atoms with van der Waals surface area (Å²) in [6, 6.07) is 7.41. The smallest absolute Gasteiger partial charge is 0.239 e. The van der Waals surface area contributed by atoms with Crippen molar-refractivity contribution in [3.05, 3.63) is 29.8 Å². The Morgan fingerprint density at radius 2 is 1.83 bits per heavy atom. The SMILES string of the molecule is CCCCCS(=O)(=O)CC(=O)Nc1ccccc1CNCC.Cl. The van der Waals surface area contributed by atoms with E-state index in [9.17, 15) is 13.2 Å². The minimum atomic E-state index is -3.33. The second kappa shape index (κ2) is 11.4. The summed E-state index contributed by atoms with van der Waals surface area (Å²) in [5, 5.41) is 5.90. The molecule has 0 saturated heterocycles. The van der Waals surface area contributed by atoms with Crippen molar-refractivity contribution in [1.29, 1.82) is 0 Å². The Hall–Kier alpha value is -1.11. The van der Waals surface area contributed by atoms with Crippen LogP contribution in [-0.4, -0.2) is 32.4 Å². The first-order valence-electron chi connectivity index (χ1n) is 7.77. The maximum absolute atomic E-state index is 12.0. The van der Waals surface area contributed by atoms with Crippen LogP contribution in [0.2, 0.25) is 0 Å². The van der Waals surface area contributed by atoms with Crippen molar-refractivity contribution in [3.8, 4) is 0 Å². The third-order valence-corrected chi connectivity index (χ3v) is 4.88. The Balaban J connectivity index is 0.00000484. The summed E-state index contributed by atoms with van der Waals surface area (Å²) in [6.45, 7) is 5.48. The minimum Gasteiger partial charge on any atom is -0.325 e. The molecule has 0 aliphatic carbocycles. The van der Waals surface area contributed by atoms with Gasteiger partial charge in [-0.1, -0.05) is 44.9 Å². The lowest BCUT2D eigenvalue weighted by Crippen LogP contribution is -2.25. The molecule has 0 aliphatic heterocycles. The van der Waals surface area contributed by atoms with E-state index in [1.807, 2.05) is 32.0 Å². The number of hydrogen-bond acceptors (Lipinski definition) is 4. The topological polar surface area (TPSA) is 75.3 Å². The van der Waals surface area contributed by atoms with Gasteiger partial charge in [0.05, 0.1) is 5.75 Å². The average molecular weight is 363 g/mol. The largest absolute Gasteiger partial charge is 0.325 e. The minimum absolute atomic E-state index is 0. The van der Waals surface area contributed by atoms with Gasteiger partial charge < -0.3 is 10.6 Å². The Labute approximate surface area is 145 Å². The number of para-hydroxylation sites is 1. The van der Waals surface area contributed by atoms with E-state index in [0.29, 0.717) is 18.7 Å². The van der Waals surface area contributed by atoms with Crippen molar-refractivity contribution < 1.29 is 13.2 Å². The molecule has 0 radical (unpaired) electrons. The number of carbonyl (C=O) groups is 1. The number of nitrogens with one attached hydrogen (secondary N) is 2. The number of unbranched alkanes of at least 4 members (excludes halogenated alkanes) is 2. The average Bonchev–Trinajstić information content (AvgIpc) is 2.45. The Bertz CT molecular complexity index is 576. The highest BCUT2D eigenvalue weighted by atomic mass is 35.5. The number of carbonyl (C=O) groups excluding carboxylic acids is 1. The van der Waals surface area contributed by atoms with Crippen LogP contribution in [0.5, 0.6) is 0 Å². The third kappa shape index (κ3) is 8.93. The van der Waals surface area contributed by atoms with Crippen LogP contribution in [0.15, 0.2) is 24.3 Å². The first-order valence-corrected chi connectivity index (χ1v) is 9.59. The van der Waals surface area contributed by atoms with E-state index < -0.39 is 21.5 Å². The number of sulfone groups is 1. The molecule has 1 amide bonds. The first-order chi connectivity index (χ1) is 10.5. The van der Waals surface area contributed by atoms with E-state index >= 15 is 0 Å². The van der Waals surface area contributed by atoms with Crippen LogP contribution >= 0.6 is 12.4 Å². The quantitative estimate of drug-likeness (QED) is 0.627. The number of rotatable bonds is 10. The molecule has 0 fully saturated rings. The van der Waals surface area contributed by atoms with Gasteiger partial charge in [-0.05, 0) is 24.6 Å². The highest BCUT2D eigenvalue weighted by Gasteiger charge is 2.17. The zero-order chi connectivity index (χ0) is 16.4. The summed E-state index contributed by atoms with van der Waals surface area (Å²) >= 11 is 0. The molecule has 7 heteroatoms. The molecule has 0 heterocycles. The predicted molar refractivity (Wildman–Crippen MR) is 97.9 cm³/mol. The van der Waals surface area contributed by atoms with Gasteiger partial charge in [-0.15, -0.1) is 12.4 Å². The normalized spacial score (nSPS) is 10.9. The molecule has 0 saturated carbocycles. The molecule has 0 unspecified atom stereocenters. The van der Waals surface area contributed by atoms with Gasteiger partial charge in [0.1, 0.15) is 5.75 Å². The third-order valence-electron chi connectivity index (χ3n) is 3.27. The molecule has 0 bridgehead atoms. The standard InChI is InChI=1S/C16H26N2O3S.ClH/c1-3-5-8-11-22(20,21)13-16(19)18-15-10-7-6-9-14(15)12-17-4-2;/h6-7,9-10,17H,3-5,8,11-13H2,1-2H3,(H,18,19);1H. The van der Waals surface area contributed by atoms with Crippen LogP contribution in [0, 0.1) is 0 Å². The molecular formula is C16H27ClN2O3S. The molecule has 0 atom stereocenters. The van der Waals surface area contributed by atoms with Crippen LogP contribution in [0.1, 0.15) is 38.7 Å². The van der Waals surface area contributed by atoms with Gasteiger partial charge in [-0.3, -0.25) is 4.79 Å². The summed E-state index contributed by atoms with van der Waals surface area (Å²) in [6.07, 6.45) is 2.44. The Morgan fingerprint density at radius 3 is 2.48 bits per heavy atom. The number of hydrogen-bond donors (Lipinski definition) is 2. The van der Waals surface area contributed by atoms with Crippen molar-refractivity contribution in [1.82, 2.24) is 5.32 Å². The number of amides is 1. The summed E-state index contributed by atoms with van der Waals surface area (Å²) in [5.41, 5.74) is 1.61. The zero-order valence-electron chi connectivity index (χ0n) is 13.8. The second-order valence-electron chi connectivity index (χ2n) is 5.28. The van der Waals surface area contributed by atoms with Crippen LogP contribution in [0.4, 0.5) is 5.69 Å². The molecule has 132 valence electrons. The highest BCUT2D eigenvalue weighted by Crippen LogP contribution is 2.15. The monoisotopic (exact) mass is 362 g/mol. The van der Waals surface area contributed by atoms with Gasteiger partial charge in [-0.25, -0.2) is 8.42 Å². The van der Waals surface area contributed by atoms with E-state index in [-0.39, 0.29) is 18.2 Å². The van der Waals surface area contributed by atoms with Crippen LogP contribution < -0.4 is 10.6 Å². The number of anilines is 1. The summed E-state index contributed by atoms with van der Waals surface area (Å²) in [5.74, 6) is -0.847. The molecule has 1 rings (SSSR count). The van der Waals surface area contributed by atoms with Gasteiger partial charge in [0, 0.05) is 12.2 Å². The van der Waals surface area contributed by atoms with Crippen LogP contribution in [-0.2, 0) is 21.2 Å². The lowest BCUT2D eigenvalue weighted by molar-refractivity contribution is -0.113. The molecule has 2 N–H and O–H groups in total. The fourth-order valence-corrected chi connectivity index (χ4v) is 3.35. The maximum atomic E-state index is 12.0. The van der Waals surface area contributed by atoms with Crippen molar-refractivity contribution in [2.75, 3.05) is 23.4 Å². The first kappa shape index (κ1) is 21.9. The van der Waals surface area contributed by atoms with Gasteiger partial charge in [0.15, 0.2) is 9.84 Å². The van der Waals surface area contributed by atoms with E-state index in [1.165, 1.54) is 0 Å². The molecule has 0 aromatic heterocycles. The van der Waals surface area contributed by atoms with Gasteiger partial charge in [0.2, 0.25) is 5.91 Å². The van der Waals surface area contributed by atoms with E-state index in [1.54, 1.807) is 6.07 Å². The molecule has 1 aromatic rings. The van der Waals surface area contributed by atoms with Gasteiger partial charge in [0.25, 0.3) is 0 Å². The maximum Gasteiger partial charge on any atom is 0.239 e. The summed E-state index contributed by atoms with van der Waals surface area (Å²) < 4.78 is 23.8. The summed E-state index contributed by atoms with van der Waals surface area (Å²) in [4.78, 5) is 12.0. The fourth-order valence-electron chi connectivity index (χ4n) is 2.09. The van der Waals surface area contributed by atoms with Gasteiger partial charge in [-0.2, -0.15) is 0 Å². The van der Waals surface area contributed by atoms with Crippen molar-refractivity contribution in [2.45, 2.75) is 39.7 Å². The molecular weight excluding hydrogens is 336 g/mol. The summed E-state index contributed by atoms with van der Waals surface area (Å²) in [7, 11) is -3.33. The second-order valence-corrected chi connectivity index (χ2v) is 7.47.